The van der Waals surface area contributed by atoms with Crippen LogP contribution in [0.15, 0.2) is 24.3 Å². The Kier molecular flexibility index (Phi) is 4.75. The van der Waals surface area contributed by atoms with Crippen LogP contribution in [0.4, 0.5) is 0 Å². The number of para-hydroxylation sites is 1. The van der Waals surface area contributed by atoms with Gasteiger partial charge in [0.1, 0.15) is 5.75 Å². The Hall–Kier alpha value is -0.730. The summed E-state index contributed by atoms with van der Waals surface area (Å²) >= 11 is 6.36. The number of ether oxygens (including phenoxy) is 1. The van der Waals surface area contributed by atoms with Crippen molar-refractivity contribution in [3.8, 4) is 5.75 Å². The second-order valence-corrected chi connectivity index (χ2v) is 7.18. The van der Waals surface area contributed by atoms with Crippen LogP contribution in [0, 0.1) is 5.41 Å². The van der Waals surface area contributed by atoms with E-state index < -0.39 is 0 Å². The first kappa shape index (κ1) is 14.7. The van der Waals surface area contributed by atoms with Gasteiger partial charge in [-0.05, 0) is 17.9 Å². The van der Waals surface area contributed by atoms with E-state index in [0.717, 1.165) is 31.9 Å². The van der Waals surface area contributed by atoms with Gasteiger partial charge in [-0.3, -0.25) is 0 Å². The molecule has 19 heavy (non-hydrogen) atoms. The van der Waals surface area contributed by atoms with Gasteiger partial charge in [0.25, 0.3) is 0 Å². The number of benzene rings is 1. The summed E-state index contributed by atoms with van der Waals surface area (Å²) in [6, 6.07) is 8.29. The molecule has 1 N–H and O–H groups in total. The van der Waals surface area contributed by atoms with Gasteiger partial charge in [-0.15, -0.1) is 11.6 Å². The largest absolute Gasteiger partial charge is 0.493 e. The molecular weight excluding hydrogens is 258 g/mol. The molecule has 1 aliphatic heterocycles. The molecule has 0 fully saturated rings. The number of fused-ring (bicyclic) bond motifs is 1. The first-order valence-electron chi connectivity index (χ1n) is 7.02. The van der Waals surface area contributed by atoms with Crippen LogP contribution in [0.3, 0.4) is 0 Å². The molecule has 1 aliphatic rings. The lowest BCUT2D eigenvalue weighted by molar-refractivity contribution is 0.323. The summed E-state index contributed by atoms with van der Waals surface area (Å²) in [5.74, 6) is 1.49. The topological polar surface area (TPSA) is 21.3 Å². The number of hydrogen-bond donors (Lipinski definition) is 1. The molecule has 2 rings (SSSR count). The Labute approximate surface area is 121 Å². The molecule has 0 amide bonds. The first-order valence-corrected chi connectivity index (χ1v) is 7.46. The minimum Gasteiger partial charge on any atom is -0.493 e. The van der Waals surface area contributed by atoms with Crippen molar-refractivity contribution in [3.63, 3.8) is 0 Å². The Morgan fingerprint density at radius 2 is 2.11 bits per heavy atom. The molecule has 1 heterocycles. The smallest absolute Gasteiger partial charge is 0.122 e. The molecular formula is C16H24ClNO. The molecule has 106 valence electrons. The lowest BCUT2D eigenvalue weighted by atomic mass is 9.90. The average molecular weight is 282 g/mol. The van der Waals surface area contributed by atoms with Crippen molar-refractivity contribution < 1.29 is 4.74 Å². The van der Waals surface area contributed by atoms with Crippen molar-refractivity contribution in [2.24, 2.45) is 5.41 Å². The van der Waals surface area contributed by atoms with E-state index in [1.54, 1.807) is 0 Å². The summed E-state index contributed by atoms with van der Waals surface area (Å²) in [4.78, 5) is 0. The van der Waals surface area contributed by atoms with Crippen molar-refractivity contribution in [3.05, 3.63) is 29.8 Å². The van der Waals surface area contributed by atoms with Crippen LogP contribution in [-0.2, 0) is 0 Å². The number of alkyl halides is 1. The molecule has 0 saturated heterocycles. The molecule has 0 spiro atoms. The Bertz CT molecular complexity index is 413. The minimum absolute atomic E-state index is 0.192. The van der Waals surface area contributed by atoms with E-state index in [0.29, 0.717) is 5.92 Å². The SMILES string of the molecule is CC(C)(C)CC(Cl)CNCC1COc2ccccc21. The minimum atomic E-state index is 0.192. The van der Waals surface area contributed by atoms with Gasteiger partial charge in [0.15, 0.2) is 0 Å². The van der Waals surface area contributed by atoms with Crippen LogP contribution < -0.4 is 10.1 Å². The maximum atomic E-state index is 6.36. The molecule has 0 saturated carbocycles. The maximum absolute atomic E-state index is 6.36. The van der Waals surface area contributed by atoms with Gasteiger partial charge in [-0.1, -0.05) is 39.0 Å². The number of rotatable bonds is 5. The van der Waals surface area contributed by atoms with Gasteiger partial charge in [-0.25, -0.2) is 0 Å². The lowest BCUT2D eigenvalue weighted by Gasteiger charge is -2.22. The van der Waals surface area contributed by atoms with Gasteiger partial charge in [0, 0.05) is 29.9 Å². The third-order valence-corrected chi connectivity index (χ3v) is 3.70. The van der Waals surface area contributed by atoms with Crippen molar-refractivity contribution in [1.29, 1.82) is 0 Å². The fraction of sp³-hybridized carbons (Fsp3) is 0.625. The number of nitrogens with one attached hydrogen (secondary N) is 1. The van der Waals surface area contributed by atoms with E-state index in [2.05, 4.69) is 38.2 Å². The highest BCUT2D eigenvalue weighted by molar-refractivity contribution is 6.20. The van der Waals surface area contributed by atoms with E-state index in [-0.39, 0.29) is 10.8 Å². The van der Waals surface area contributed by atoms with Crippen LogP contribution >= 0.6 is 11.6 Å². The van der Waals surface area contributed by atoms with Crippen molar-refractivity contribution in [1.82, 2.24) is 5.32 Å². The molecule has 0 aliphatic carbocycles. The van der Waals surface area contributed by atoms with E-state index in [1.807, 2.05) is 12.1 Å². The maximum Gasteiger partial charge on any atom is 0.122 e. The Morgan fingerprint density at radius 3 is 2.84 bits per heavy atom. The van der Waals surface area contributed by atoms with Crippen LogP contribution in [0.5, 0.6) is 5.75 Å². The summed E-state index contributed by atoms with van der Waals surface area (Å²) in [6.07, 6.45) is 1.03. The molecule has 0 bridgehead atoms. The van der Waals surface area contributed by atoms with E-state index in [1.165, 1.54) is 5.56 Å². The lowest BCUT2D eigenvalue weighted by Crippen LogP contribution is -2.30. The van der Waals surface area contributed by atoms with Gasteiger partial charge in [0.2, 0.25) is 0 Å². The Balaban J connectivity index is 1.76. The van der Waals surface area contributed by atoms with Crippen molar-refractivity contribution in [2.45, 2.75) is 38.5 Å². The summed E-state index contributed by atoms with van der Waals surface area (Å²) < 4.78 is 5.68. The van der Waals surface area contributed by atoms with E-state index in [4.69, 9.17) is 16.3 Å². The average Bonchev–Trinajstić information content (AvgIpc) is 2.70. The zero-order valence-electron chi connectivity index (χ0n) is 12.1. The summed E-state index contributed by atoms with van der Waals surface area (Å²) in [5.41, 5.74) is 1.61. The molecule has 3 heteroatoms. The molecule has 1 aromatic carbocycles. The molecule has 0 radical (unpaired) electrons. The fourth-order valence-corrected chi connectivity index (χ4v) is 3.12. The fourth-order valence-electron chi connectivity index (χ4n) is 2.55. The zero-order valence-corrected chi connectivity index (χ0v) is 12.8. The first-order chi connectivity index (χ1) is 8.96. The Morgan fingerprint density at radius 1 is 1.37 bits per heavy atom. The zero-order chi connectivity index (χ0) is 13.9. The molecule has 1 aromatic rings. The second kappa shape index (κ2) is 6.15. The molecule has 2 atom stereocenters. The number of halogens is 1. The summed E-state index contributed by atoms with van der Waals surface area (Å²) in [6.45, 7) is 9.25. The quantitative estimate of drug-likeness (QED) is 0.829. The second-order valence-electron chi connectivity index (χ2n) is 6.57. The monoisotopic (exact) mass is 281 g/mol. The summed E-state index contributed by atoms with van der Waals surface area (Å²) in [7, 11) is 0. The van der Waals surface area contributed by atoms with Gasteiger partial charge < -0.3 is 10.1 Å². The standard InChI is InChI=1S/C16H24ClNO/c1-16(2,3)8-13(17)10-18-9-12-11-19-15-7-5-4-6-14(12)15/h4-7,12-13,18H,8-11H2,1-3H3. The third kappa shape index (κ3) is 4.39. The van der Waals surface area contributed by atoms with Crippen molar-refractivity contribution in [2.75, 3.05) is 19.7 Å². The highest BCUT2D eigenvalue weighted by Crippen LogP contribution is 2.32. The van der Waals surface area contributed by atoms with Crippen molar-refractivity contribution >= 4 is 11.6 Å². The van der Waals surface area contributed by atoms with Crippen LogP contribution in [0.1, 0.15) is 38.7 Å². The number of hydrogen-bond acceptors (Lipinski definition) is 2. The van der Waals surface area contributed by atoms with Gasteiger partial charge >= 0.3 is 0 Å². The third-order valence-electron chi connectivity index (χ3n) is 3.39. The normalized spacial score (nSPS) is 19.9. The molecule has 2 unspecified atom stereocenters. The van der Waals surface area contributed by atoms with Gasteiger partial charge in [0.05, 0.1) is 6.61 Å². The van der Waals surface area contributed by atoms with Crippen LogP contribution in [0.25, 0.3) is 0 Å². The van der Waals surface area contributed by atoms with Crippen LogP contribution in [-0.4, -0.2) is 25.1 Å². The molecule has 2 nitrogen and oxygen atoms in total. The predicted molar refractivity (Wildman–Crippen MR) is 81.3 cm³/mol. The predicted octanol–water partition coefficient (Wildman–Crippen LogP) is 3.80. The summed E-state index contributed by atoms with van der Waals surface area (Å²) in [5, 5.41) is 3.67. The van der Waals surface area contributed by atoms with Gasteiger partial charge in [-0.2, -0.15) is 0 Å². The highest BCUT2D eigenvalue weighted by atomic mass is 35.5. The highest BCUT2D eigenvalue weighted by Gasteiger charge is 2.23. The van der Waals surface area contributed by atoms with E-state index >= 15 is 0 Å². The van der Waals surface area contributed by atoms with E-state index in [9.17, 15) is 0 Å². The van der Waals surface area contributed by atoms with Crippen LogP contribution in [0.2, 0.25) is 0 Å². The molecule has 0 aromatic heterocycles.